The minimum absolute atomic E-state index is 0.0730. The SMILES string of the molecule is COCCNC(=O)c1nn(CCC(C)C)c2c1CN(C(=O)CCn1nc(C)cc1C)CC2. The molecule has 0 fully saturated rings. The molecule has 1 N–H and O–H groups in total. The van der Waals surface area contributed by atoms with Crippen molar-refractivity contribution < 1.29 is 14.3 Å². The van der Waals surface area contributed by atoms with Crippen molar-refractivity contribution in [2.45, 2.75) is 66.6 Å². The summed E-state index contributed by atoms with van der Waals surface area (Å²) in [6, 6.07) is 2.01. The van der Waals surface area contributed by atoms with Crippen LogP contribution < -0.4 is 5.32 Å². The van der Waals surface area contributed by atoms with Crippen molar-refractivity contribution >= 4 is 11.8 Å². The number of nitrogens with zero attached hydrogens (tertiary/aromatic N) is 5. The fourth-order valence-electron chi connectivity index (χ4n) is 4.06. The van der Waals surface area contributed by atoms with Crippen LogP contribution in [0.4, 0.5) is 0 Å². The Morgan fingerprint density at radius 3 is 2.62 bits per heavy atom. The van der Waals surface area contributed by atoms with E-state index < -0.39 is 0 Å². The summed E-state index contributed by atoms with van der Waals surface area (Å²) in [6.07, 6.45) is 2.08. The number of carbonyl (C=O) groups is 2. The summed E-state index contributed by atoms with van der Waals surface area (Å²) in [5.41, 5.74) is 4.38. The van der Waals surface area contributed by atoms with Crippen molar-refractivity contribution in [2.75, 3.05) is 26.8 Å². The molecule has 0 aliphatic carbocycles. The van der Waals surface area contributed by atoms with Crippen LogP contribution in [0, 0.1) is 19.8 Å². The molecule has 2 aromatic heterocycles. The van der Waals surface area contributed by atoms with E-state index in [-0.39, 0.29) is 11.8 Å². The Morgan fingerprint density at radius 1 is 1.19 bits per heavy atom. The van der Waals surface area contributed by atoms with Gasteiger partial charge in [0.1, 0.15) is 0 Å². The standard InChI is InChI=1S/C23H36N6O3/c1-16(2)6-11-29-20-7-10-27(21(30)8-12-28-18(4)14-17(3)25-28)15-19(20)22(26-29)23(31)24-9-13-32-5/h14,16H,6-13,15H2,1-5H3,(H,24,31). The molecule has 9 heteroatoms. The van der Waals surface area contributed by atoms with E-state index in [1.165, 1.54) is 0 Å². The highest BCUT2D eigenvalue weighted by atomic mass is 16.5. The molecular formula is C23H36N6O3. The normalized spacial score (nSPS) is 13.5. The van der Waals surface area contributed by atoms with Crippen LogP contribution in [0.1, 0.15) is 59.8 Å². The predicted molar refractivity (Wildman–Crippen MR) is 121 cm³/mol. The Morgan fingerprint density at radius 2 is 1.97 bits per heavy atom. The van der Waals surface area contributed by atoms with E-state index in [0.29, 0.717) is 57.2 Å². The molecule has 0 aromatic carbocycles. The number of amides is 2. The lowest BCUT2D eigenvalue weighted by molar-refractivity contribution is -0.132. The largest absolute Gasteiger partial charge is 0.383 e. The molecule has 1 aliphatic rings. The van der Waals surface area contributed by atoms with Gasteiger partial charge in [0.05, 0.1) is 12.3 Å². The van der Waals surface area contributed by atoms with Crippen LogP contribution in [0.3, 0.4) is 0 Å². The van der Waals surface area contributed by atoms with Crippen molar-refractivity contribution in [1.29, 1.82) is 0 Å². The molecule has 9 nitrogen and oxygen atoms in total. The van der Waals surface area contributed by atoms with Gasteiger partial charge in [-0.2, -0.15) is 10.2 Å². The zero-order chi connectivity index (χ0) is 23.3. The van der Waals surface area contributed by atoms with Crippen molar-refractivity contribution in [3.8, 4) is 0 Å². The third-order valence-corrected chi connectivity index (χ3v) is 5.85. The van der Waals surface area contributed by atoms with Crippen LogP contribution in [0.25, 0.3) is 0 Å². The number of rotatable bonds is 10. The maximum atomic E-state index is 13.0. The second-order valence-corrected chi connectivity index (χ2v) is 8.89. The molecule has 0 bridgehead atoms. The summed E-state index contributed by atoms with van der Waals surface area (Å²) in [7, 11) is 1.60. The van der Waals surface area contributed by atoms with Crippen LogP contribution in [0.2, 0.25) is 0 Å². The average Bonchev–Trinajstić information content (AvgIpc) is 3.28. The van der Waals surface area contributed by atoms with E-state index in [4.69, 9.17) is 4.74 Å². The zero-order valence-electron chi connectivity index (χ0n) is 20.0. The highest BCUT2D eigenvalue weighted by Crippen LogP contribution is 2.24. The van der Waals surface area contributed by atoms with E-state index in [0.717, 1.165) is 35.6 Å². The molecule has 32 heavy (non-hydrogen) atoms. The molecule has 3 rings (SSSR count). The number of methoxy groups -OCH3 is 1. The average molecular weight is 445 g/mol. The molecule has 0 spiro atoms. The number of fused-ring (bicyclic) bond motifs is 1. The molecule has 0 unspecified atom stereocenters. The minimum Gasteiger partial charge on any atom is -0.383 e. The zero-order valence-corrected chi connectivity index (χ0v) is 20.0. The first-order valence-electron chi connectivity index (χ1n) is 11.4. The fourth-order valence-corrected chi connectivity index (χ4v) is 4.06. The van der Waals surface area contributed by atoms with E-state index in [2.05, 4.69) is 29.4 Å². The first-order chi connectivity index (χ1) is 15.3. The van der Waals surface area contributed by atoms with E-state index in [9.17, 15) is 9.59 Å². The topological polar surface area (TPSA) is 94.3 Å². The van der Waals surface area contributed by atoms with Crippen molar-refractivity contribution in [3.05, 3.63) is 34.4 Å². The molecule has 2 amide bonds. The number of aryl methyl sites for hydroxylation is 4. The Hall–Kier alpha value is -2.68. The summed E-state index contributed by atoms with van der Waals surface area (Å²) in [5, 5.41) is 12.0. The third-order valence-electron chi connectivity index (χ3n) is 5.85. The van der Waals surface area contributed by atoms with Crippen LogP contribution in [-0.4, -0.2) is 63.1 Å². The number of hydrogen-bond acceptors (Lipinski definition) is 5. The highest BCUT2D eigenvalue weighted by Gasteiger charge is 2.30. The Labute approximate surface area is 190 Å². The summed E-state index contributed by atoms with van der Waals surface area (Å²) >= 11 is 0. The summed E-state index contributed by atoms with van der Waals surface area (Å²) in [4.78, 5) is 27.6. The van der Waals surface area contributed by atoms with Crippen LogP contribution >= 0.6 is 0 Å². The Bertz CT molecular complexity index is 946. The predicted octanol–water partition coefficient (Wildman–Crippen LogP) is 2.09. The maximum Gasteiger partial charge on any atom is 0.272 e. The van der Waals surface area contributed by atoms with Gasteiger partial charge in [0, 0.05) is 69.6 Å². The monoisotopic (exact) mass is 444 g/mol. The van der Waals surface area contributed by atoms with Crippen LogP contribution in [-0.2, 0) is 35.6 Å². The lowest BCUT2D eigenvalue weighted by Crippen LogP contribution is -2.38. The van der Waals surface area contributed by atoms with Gasteiger partial charge in [0.25, 0.3) is 5.91 Å². The van der Waals surface area contributed by atoms with Gasteiger partial charge in [-0.15, -0.1) is 0 Å². The molecular weight excluding hydrogens is 408 g/mol. The summed E-state index contributed by atoms with van der Waals surface area (Å²) < 4.78 is 8.88. The van der Waals surface area contributed by atoms with Gasteiger partial charge >= 0.3 is 0 Å². The molecule has 2 aromatic rings. The number of carbonyl (C=O) groups excluding carboxylic acids is 2. The third kappa shape index (κ3) is 5.76. The first-order valence-corrected chi connectivity index (χ1v) is 11.4. The van der Waals surface area contributed by atoms with Crippen LogP contribution in [0.15, 0.2) is 6.07 Å². The van der Waals surface area contributed by atoms with E-state index >= 15 is 0 Å². The molecule has 0 radical (unpaired) electrons. The quantitative estimate of drug-likeness (QED) is 0.567. The highest BCUT2D eigenvalue weighted by molar-refractivity contribution is 5.94. The number of ether oxygens (including phenoxy) is 1. The Kier molecular flexibility index (Phi) is 8.06. The van der Waals surface area contributed by atoms with E-state index in [1.807, 2.05) is 34.2 Å². The van der Waals surface area contributed by atoms with Crippen molar-refractivity contribution in [1.82, 2.24) is 29.8 Å². The van der Waals surface area contributed by atoms with Gasteiger partial charge in [0.2, 0.25) is 5.91 Å². The van der Waals surface area contributed by atoms with Crippen molar-refractivity contribution in [2.24, 2.45) is 5.92 Å². The van der Waals surface area contributed by atoms with Gasteiger partial charge in [-0.05, 0) is 32.3 Å². The molecule has 1 aliphatic heterocycles. The Balaban J connectivity index is 1.73. The molecule has 176 valence electrons. The van der Waals surface area contributed by atoms with Gasteiger partial charge in [-0.1, -0.05) is 13.8 Å². The molecule has 0 atom stereocenters. The van der Waals surface area contributed by atoms with Crippen molar-refractivity contribution in [3.63, 3.8) is 0 Å². The maximum absolute atomic E-state index is 13.0. The minimum atomic E-state index is -0.210. The number of nitrogens with one attached hydrogen (secondary N) is 1. The van der Waals surface area contributed by atoms with Gasteiger partial charge in [-0.3, -0.25) is 19.0 Å². The van der Waals surface area contributed by atoms with Gasteiger partial charge in [0.15, 0.2) is 5.69 Å². The second kappa shape index (κ2) is 10.8. The lowest BCUT2D eigenvalue weighted by atomic mass is 10.0. The lowest BCUT2D eigenvalue weighted by Gasteiger charge is -2.28. The molecule has 3 heterocycles. The van der Waals surface area contributed by atoms with Crippen LogP contribution in [0.5, 0.6) is 0 Å². The smallest absolute Gasteiger partial charge is 0.272 e. The molecule has 0 saturated carbocycles. The van der Waals surface area contributed by atoms with Gasteiger partial charge < -0.3 is 15.0 Å². The summed E-state index contributed by atoms with van der Waals surface area (Å²) in [6.45, 7) is 11.6. The van der Waals surface area contributed by atoms with Gasteiger partial charge in [-0.25, -0.2) is 0 Å². The summed E-state index contributed by atoms with van der Waals surface area (Å²) in [5.74, 6) is 0.410. The molecule has 0 saturated heterocycles. The number of hydrogen-bond donors (Lipinski definition) is 1. The number of aromatic nitrogens is 4. The fraction of sp³-hybridized carbons (Fsp3) is 0.652. The second-order valence-electron chi connectivity index (χ2n) is 8.89. The van der Waals surface area contributed by atoms with E-state index in [1.54, 1.807) is 7.11 Å². The first kappa shape index (κ1) is 24.0.